The smallest absolute Gasteiger partial charge is 0.317 e. The van der Waals surface area contributed by atoms with Crippen molar-refractivity contribution in [3.05, 3.63) is 47.5 Å². The molecule has 1 aliphatic rings. The number of hydrogen-bond donors (Lipinski definition) is 1. The molecule has 2 amide bonds. The van der Waals surface area contributed by atoms with E-state index in [0.29, 0.717) is 30.2 Å². The van der Waals surface area contributed by atoms with Crippen molar-refractivity contribution < 1.29 is 9.59 Å². The molecule has 5 heteroatoms. The van der Waals surface area contributed by atoms with Crippen molar-refractivity contribution >= 4 is 23.4 Å². The molecule has 1 aliphatic heterocycles. The van der Waals surface area contributed by atoms with Gasteiger partial charge in [-0.2, -0.15) is 0 Å². The van der Waals surface area contributed by atoms with Crippen LogP contribution in [0.15, 0.2) is 36.9 Å². The minimum Gasteiger partial charge on any atom is -0.335 e. The molecular weight excluding hydrogens is 288 g/mol. The summed E-state index contributed by atoms with van der Waals surface area (Å²) in [5.74, 6) is -0.106. The summed E-state index contributed by atoms with van der Waals surface area (Å²) in [5.41, 5.74) is 0.612. The Kier molecular flexibility index (Phi) is 5.39. The summed E-state index contributed by atoms with van der Waals surface area (Å²) in [6.07, 6.45) is 3.27. The van der Waals surface area contributed by atoms with Crippen LogP contribution in [0, 0.1) is 5.92 Å². The maximum Gasteiger partial charge on any atom is 0.317 e. The van der Waals surface area contributed by atoms with Crippen molar-refractivity contribution in [2.24, 2.45) is 5.92 Å². The van der Waals surface area contributed by atoms with Gasteiger partial charge in [-0.25, -0.2) is 4.79 Å². The number of Topliss-reactive ketones (excluding diaryl/α,β-unsaturated/α-hetero) is 1. The van der Waals surface area contributed by atoms with Gasteiger partial charge < -0.3 is 10.2 Å². The Morgan fingerprint density at radius 2 is 2.29 bits per heavy atom. The van der Waals surface area contributed by atoms with Crippen LogP contribution in [0.25, 0.3) is 0 Å². The van der Waals surface area contributed by atoms with E-state index in [2.05, 4.69) is 11.9 Å². The summed E-state index contributed by atoms with van der Waals surface area (Å²) in [6.45, 7) is 5.14. The molecule has 0 aromatic heterocycles. The summed E-state index contributed by atoms with van der Waals surface area (Å²) in [4.78, 5) is 26.1. The van der Waals surface area contributed by atoms with Crippen molar-refractivity contribution in [3.63, 3.8) is 0 Å². The second-order valence-corrected chi connectivity index (χ2v) is 5.57. The predicted molar refractivity (Wildman–Crippen MR) is 83.7 cm³/mol. The topological polar surface area (TPSA) is 49.4 Å². The molecule has 1 fully saturated rings. The Balaban J connectivity index is 2.02. The van der Waals surface area contributed by atoms with E-state index < -0.39 is 0 Å². The number of likely N-dealkylation sites (tertiary alicyclic amines) is 1. The highest BCUT2D eigenvalue weighted by Crippen LogP contribution is 2.22. The van der Waals surface area contributed by atoms with Crippen LogP contribution in [0.4, 0.5) is 4.79 Å². The summed E-state index contributed by atoms with van der Waals surface area (Å²) < 4.78 is 0. The predicted octanol–water partition coefficient (Wildman–Crippen LogP) is 3.13. The number of benzene rings is 1. The molecule has 0 saturated carbocycles. The minimum atomic E-state index is -0.160. The average molecular weight is 307 g/mol. The van der Waals surface area contributed by atoms with E-state index >= 15 is 0 Å². The maximum atomic E-state index is 12.5. The Hall–Kier alpha value is -1.81. The molecule has 1 unspecified atom stereocenters. The number of hydrogen-bond acceptors (Lipinski definition) is 2. The van der Waals surface area contributed by atoms with Gasteiger partial charge in [-0.05, 0) is 25.0 Å². The summed E-state index contributed by atoms with van der Waals surface area (Å²) >= 11 is 5.93. The number of nitrogens with zero attached hydrogens (tertiary/aromatic N) is 1. The molecule has 1 N–H and O–H groups in total. The molecule has 112 valence electrons. The SMILES string of the molecule is C=CCNC(=O)N1CCCC(C(=O)c2cccc(Cl)c2)C1. The lowest BCUT2D eigenvalue weighted by Gasteiger charge is -2.32. The first kappa shape index (κ1) is 15.6. The van der Waals surface area contributed by atoms with Crippen molar-refractivity contribution in [2.75, 3.05) is 19.6 Å². The molecule has 21 heavy (non-hydrogen) atoms. The van der Waals surface area contributed by atoms with Crippen LogP contribution < -0.4 is 5.32 Å². The first-order valence-corrected chi connectivity index (χ1v) is 7.43. The van der Waals surface area contributed by atoms with Crippen LogP contribution in [0.1, 0.15) is 23.2 Å². The lowest BCUT2D eigenvalue weighted by molar-refractivity contribution is 0.0846. The Morgan fingerprint density at radius 1 is 1.48 bits per heavy atom. The van der Waals surface area contributed by atoms with Gasteiger partial charge in [0, 0.05) is 36.1 Å². The van der Waals surface area contributed by atoms with Crippen molar-refractivity contribution in [2.45, 2.75) is 12.8 Å². The van der Waals surface area contributed by atoms with Gasteiger partial charge in [-0.3, -0.25) is 4.79 Å². The van der Waals surface area contributed by atoms with E-state index in [1.807, 2.05) is 0 Å². The quantitative estimate of drug-likeness (QED) is 0.686. The molecular formula is C16H19ClN2O2. The fourth-order valence-corrected chi connectivity index (χ4v) is 2.71. The largest absolute Gasteiger partial charge is 0.335 e. The number of amides is 2. The second-order valence-electron chi connectivity index (χ2n) is 5.13. The van der Waals surface area contributed by atoms with E-state index in [4.69, 9.17) is 11.6 Å². The molecule has 0 bridgehead atoms. The Labute approximate surface area is 129 Å². The number of carbonyl (C=O) groups excluding carboxylic acids is 2. The fraction of sp³-hybridized carbons (Fsp3) is 0.375. The molecule has 0 spiro atoms. The lowest BCUT2D eigenvalue weighted by Crippen LogP contribution is -2.47. The van der Waals surface area contributed by atoms with Crippen LogP contribution in [0.3, 0.4) is 0 Å². The first-order chi connectivity index (χ1) is 10.1. The number of carbonyl (C=O) groups is 2. The van der Waals surface area contributed by atoms with Gasteiger partial charge in [0.05, 0.1) is 0 Å². The van der Waals surface area contributed by atoms with Gasteiger partial charge >= 0.3 is 6.03 Å². The molecule has 2 rings (SSSR count). The molecule has 1 aromatic carbocycles. The standard InChI is InChI=1S/C16H19ClN2O2/c1-2-8-18-16(21)19-9-4-6-13(11-19)15(20)12-5-3-7-14(17)10-12/h2-3,5,7,10,13H,1,4,6,8-9,11H2,(H,18,21). The number of urea groups is 1. The van der Waals surface area contributed by atoms with Crippen LogP contribution in [0.5, 0.6) is 0 Å². The van der Waals surface area contributed by atoms with E-state index in [1.165, 1.54) is 0 Å². The number of rotatable bonds is 4. The third-order valence-electron chi connectivity index (χ3n) is 3.59. The Morgan fingerprint density at radius 3 is 3.00 bits per heavy atom. The van der Waals surface area contributed by atoms with E-state index in [1.54, 1.807) is 35.2 Å². The highest BCUT2D eigenvalue weighted by Gasteiger charge is 2.28. The van der Waals surface area contributed by atoms with Gasteiger partial charge in [-0.15, -0.1) is 6.58 Å². The molecule has 0 aliphatic carbocycles. The minimum absolute atomic E-state index is 0.0544. The van der Waals surface area contributed by atoms with Gasteiger partial charge in [0.1, 0.15) is 0 Å². The van der Waals surface area contributed by atoms with Gasteiger partial charge in [-0.1, -0.05) is 29.8 Å². The van der Waals surface area contributed by atoms with Crippen molar-refractivity contribution in [1.82, 2.24) is 10.2 Å². The van der Waals surface area contributed by atoms with Crippen molar-refractivity contribution in [3.8, 4) is 0 Å². The second kappa shape index (κ2) is 7.27. The highest BCUT2D eigenvalue weighted by atomic mass is 35.5. The zero-order chi connectivity index (χ0) is 15.2. The zero-order valence-electron chi connectivity index (χ0n) is 11.8. The summed E-state index contributed by atoms with van der Waals surface area (Å²) in [5, 5.41) is 3.30. The molecule has 1 heterocycles. The lowest BCUT2D eigenvalue weighted by atomic mass is 9.90. The van der Waals surface area contributed by atoms with Crippen LogP contribution in [-0.2, 0) is 0 Å². The van der Waals surface area contributed by atoms with Crippen molar-refractivity contribution in [1.29, 1.82) is 0 Å². The molecule has 1 atom stereocenters. The van der Waals surface area contributed by atoms with E-state index in [9.17, 15) is 9.59 Å². The number of nitrogens with one attached hydrogen (secondary N) is 1. The average Bonchev–Trinajstić information content (AvgIpc) is 2.52. The molecule has 0 radical (unpaired) electrons. The van der Waals surface area contributed by atoms with E-state index in [-0.39, 0.29) is 17.7 Å². The molecule has 1 saturated heterocycles. The highest BCUT2D eigenvalue weighted by molar-refractivity contribution is 6.31. The third-order valence-corrected chi connectivity index (χ3v) is 3.82. The molecule has 4 nitrogen and oxygen atoms in total. The summed E-state index contributed by atoms with van der Waals surface area (Å²) in [7, 11) is 0. The maximum absolute atomic E-state index is 12.5. The summed E-state index contributed by atoms with van der Waals surface area (Å²) in [6, 6.07) is 6.82. The van der Waals surface area contributed by atoms with Crippen LogP contribution in [-0.4, -0.2) is 36.3 Å². The Bertz CT molecular complexity index is 545. The number of ketones is 1. The van der Waals surface area contributed by atoms with Crippen LogP contribution in [0.2, 0.25) is 5.02 Å². The fourth-order valence-electron chi connectivity index (χ4n) is 2.52. The normalized spacial score (nSPS) is 18.1. The third kappa shape index (κ3) is 4.08. The zero-order valence-corrected chi connectivity index (χ0v) is 12.6. The van der Waals surface area contributed by atoms with Gasteiger partial charge in [0.25, 0.3) is 0 Å². The number of halogens is 1. The number of piperidine rings is 1. The van der Waals surface area contributed by atoms with Crippen LogP contribution >= 0.6 is 11.6 Å². The van der Waals surface area contributed by atoms with Gasteiger partial charge in [0.2, 0.25) is 0 Å². The van der Waals surface area contributed by atoms with E-state index in [0.717, 1.165) is 12.8 Å². The first-order valence-electron chi connectivity index (χ1n) is 7.05. The molecule has 1 aromatic rings. The monoisotopic (exact) mass is 306 g/mol. The van der Waals surface area contributed by atoms with Gasteiger partial charge in [0.15, 0.2) is 5.78 Å².